The number of aliphatic carboxylic acids is 1. The quantitative estimate of drug-likeness (QED) is 0.912. The molecule has 0 aromatic heterocycles. The van der Waals surface area contributed by atoms with Crippen molar-refractivity contribution in [2.45, 2.75) is 32.3 Å². The van der Waals surface area contributed by atoms with E-state index < -0.39 is 35.3 Å². The van der Waals surface area contributed by atoms with Crippen LogP contribution in [-0.4, -0.2) is 40.8 Å². The van der Waals surface area contributed by atoms with Crippen LogP contribution in [0.3, 0.4) is 0 Å². The van der Waals surface area contributed by atoms with Crippen LogP contribution in [0.5, 0.6) is 0 Å². The zero-order valence-electron chi connectivity index (χ0n) is 12.9. The molecule has 1 aromatic rings. The largest absolute Gasteiger partial charge is 0.481 e. The summed E-state index contributed by atoms with van der Waals surface area (Å²) in [6, 6.07) is 5.85. The van der Waals surface area contributed by atoms with Crippen molar-refractivity contribution >= 4 is 12.1 Å². The Bertz CT molecular complexity index is 582. The maximum absolute atomic E-state index is 13.4. The smallest absolute Gasteiger partial charge is 0.410 e. The topological polar surface area (TPSA) is 66.8 Å². The number of ether oxygens (including phenoxy) is 1. The molecule has 0 aliphatic carbocycles. The van der Waals surface area contributed by atoms with Gasteiger partial charge in [-0.2, -0.15) is 0 Å². The van der Waals surface area contributed by atoms with Crippen LogP contribution >= 0.6 is 0 Å². The summed E-state index contributed by atoms with van der Waals surface area (Å²) in [5.41, 5.74) is -0.0642. The van der Waals surface area contributed by atoms with E-state index in [0.29, 0.717) is 5.56 Å². The molecule has 1 saturated heterocycles. The number of likely N-dealkylation sites (tertiary alicyclic amines) is 1. The molecule has 0 bridgehead atoms. The number of hydrogen-bond acceptors (Lipinski definition) is 3. The van der Waals surface area contributed by atoms with Crippen molar-refractivity contribution in [3.8, 4) is 0 Å². The van der Waals surface area contributed by atoms with E-state index >= 15 is 0 Å². The SMILES string of the molecule is CC(C)(C)OC(=O)N1C[C@H](c2cccc(F)c2)[C@H](C(=O)O)C1. The van der Waals surface area contributed by atoms with Gasteiger partial charge in [0, 0.05) is 19.0 Å². The predicted molar refractivity (Wildman–Crippen MR) is 78.1 cm³/mol. The van der Waals surface area contributed by atoms with E-state index in [0.717, 1.165) is 0 Å². The zero-order valence-corrected chi connectivity index (χ0v) is 12.9. The number of carbonyl (C=O) groups excluding carboxylic acids is 1. The van der Waals surface area contributed by atoms with E-state index in [9.17, 15) is 19.1 Å². The van der Waals surface area contributed by atoms with Crippen LogP contribution in [0.15, 0.2) is 24.3 Å². The van der Waals surface area contributed by atoms with Crippen molar-refractivity contribution in [1.82, 2.24) is 4.90 Å². The summed E-state index contributed by atoms with van der Waals surface area (Å²) < 4.78 is 18.7. The van der Waals surface area contributed by atoms with Crippen LogP contribution in [-0.2, 0) is 9.53 Å². The van der Waals surface area contributed by atoms with Crippen molar-refractivity contribution in [3.05, 3.63) is 35.6 Å². The minimum atomic E-state index is -1.000. The fraction of sp³-hybridized carbons (Fsp3) is 0.500. The molecule has 0 radical (unpaired) electrons. The third-order valence-electron chi connectivity index (χ3n) is 3.57. The van der Waals surface area contributed by atoms with Crippen LogP contribution in [0, 0.1) is 11.7 Å². The first kappa shape index (κ1) is 16.3. The summed E-state index contributed by atoms with van der Waals surface area (Å²) in [6.45, 7) is 5.51. The Labute approximate surface area is 128 Å². The van der Waals surface area contributed by atoms with Crippen molar-refractivity contribution in [1.29, 1.82) is 0 Å². The van der Waals surface area contributed by atoms with Gasteiger partial charge in [-0.25, -0.2) is 9.18 Å². The summed E-state index contributed by atoms with van der Waals surface area (Å²) in [4.78, 5) is 24.9. The Morgan fingerprint density at radius 1 is 1.32 bits per heavy atom. The van der Waals surface area contributed by atoms with Gasteiger partial charge in [0.1, 0.15) is 11.4 Å². The monoisotopic (exact) mass is 309 g/mol. The number of carboxylic acid groups (broad SMARTS) is 1. The zero-order chi connectivity index (χ0) is 16.5. The molecule has 1 amide bonds. The van der Waals surface area contributed by atoms with Gasteiger partial charge in [0.15, 0.2) is 0 Å². The second-order valence-electron chi connectivity index (χ2n) is 6.49. The Kier molecular flexibility index (Phi) is 4.39. The molecule has 5 nitrogen and oxygen atoms in total. The lowest BCUT2D eigenvalue weighted by Gasteiger charge is -2.24. The molecule has 0 unspecified atom stereocenters. The van der Waals surface area contributed by atoms with Crippen molar-refractivity contribution in [2.24, 2.45) is 5.92 Å². The predicted octanol–water partition coefficient (Wildman–Crippen LogP) is 2.86. The molecule has 1 aliphatic rings. The molecule has 1 N–H and O–H groups in total. The molecule has 120 valence electrons. The fourth-order valence-electron chi connectivity index (χ4n) is 2.60. The molecule has 1 fully saturated rings. The third kappa shape index (κ3) is 3.75. The van der Waals surface area contributed by atoms with Crippen LogP contribution in [0.4, 0.5) is 9.18 Å². The van der Waals surface area contributed by atoms with Crippen LogP contribution < -0.4 is 0 Å². The summed E-state index contributed by atoms with van der Waals surface area (Å²) >= 11 is 0. The molecule has 1 aliphatic heterocycles. The summed E-state index contributed by atoms with van der Waals surface area (Å²) in [7, 11) is 0. The molecule has 0 saturated carbocycles. The number of carbonyl (C=O) groups is 2. The number of nitrogens with zero attached hydrogens (tertiary/aromatic N) is 1. The van der Waals surface area contributed by atoms with Gasteiger partial charge in [-0.05, 0) is 38.5 Å². The standard InChI is InChI=1S/C16H20FNO4/c1-16(2,3)22-15(21)18-8-12(13(9-18)14(19)20)10-5-4-6-11(17)7-10/h4-7,12-13H,8-9H2,1-3H3,(H,19,20)/t12-,13-/m1/s1. The Morgan fingerprint density at radius 2 is 2.00 bits per heavy atom. The number of hydrogen-bond donors (Lipinski definition) is 1. The van der Waals surface area contributed by atoms with E-state index in [2.05, 4.69) is 0 Å². The van der Waals surface area contributed by atoms with Gasteiger partial charge in [0.05, 0.1) is 5.92 Å². The average Bonchev–Trinajstić information content (AvgIpc) is 2.82. The molecule has 0 spiro atoms. The number of benzene rings is 1. The lowest BCUT2D eigenvalue weighted by atomic mass is 9.89. The second kappa shape index (κ2) is 5.94. The molecule has 22 heavy (non-hydrogen) atoms. The minimum absolute atomic E-state index is 0.0609. The Hall–Kier alpha value is -2.11. The minimum Gasteiger partial charge on any atom is -0.481 e. The molecule has 1 aromatic carbocycles. The number of carboxylic acids is 1. The molecule has 2 atom stereocenters. The molecular formula is C16H20FNO4. The Morgan fingerprint density at radius 3 is 2.55 bits per heavy atom. The highest BCUT2D eigenvalue weighted by molar-refractivity contribution is 5.75. The van der Waals surface area contributed by atoms with Gasteiger partial charge >= 0.3 is 12.1 Å². The van der Waals surface area contributed by atoms with E-state index in [1.807, 2.05) is 0 Å². The average molecular weight is 309 g/mol. The summed E-state index contributed by atoms with van der Waals surface area (Å²) in [6.07, 6.45) is -0.544. The first-order chi connectivity index (χ1) is 10.2. The van der Waals surface area contributed by atoms with Crippen LogP contribution in [0.1, 0.15) is 32.3 Å². The first-order valence-corrected chi connectivity index (χ1v) is 7.13. The van der Waals surface area contributed by atoms with Crippen molar-refractivity contribution in [3.63, 3.8) is 0 Å². The highest BCUT2D eigenvalue weighted by Gasteiger charge is 2.41. The maximum Gasteiger partial charge on any atom is 0.410 e. The van der Waals surface area contributed by atoms with Gasteiger partial charge in [-0.15, -0.1) is 0 Å². The molecule has 6 heteroatoms. The molecule has 1 heterocycles. The maximum atomic E-state index is 13.4. The van der Waals surface area contributed by atoms with Gasteiger partial charge in [0.2, 0.25) is 0 Å². The third-order valence-corrected chi connectivity index (χ3v) is 3.57. The highest BCUT2D eigenvalue weighted by atomic mass is 19.1. The molecular weight excluding hydrogens is 289 g/mol. The van der Waals surface area contributed by atoms with E-state index in [1.165, 1.54) is 17.0 Å². The van der Waals surface area contributed by atoms with Crippen LogP contribution in [0.2, 0.25) is 0 Å². The van der Waals surface area contributed by atoms with Gasteiger partial charge in [-0.3, -0.25) is 4.79 Å². The van der Waals surface area contributed by atoms with Crippen molar-refractivity contribution in [2.75, 3.05) is 13.1 Å². The van der Waals surface area contributed by atoms with Gasteiger partial charge in [-0.1, -0.05) is 12.1 Å². The molecule has 2 rings (SSSR count). The lowest BCUT2D eigenvalue weighted by Crippen LogP contribution is -2.35. The number of rotatable bonds is 2. The van der Waals surface area contributed by atoms with Crippen LogP contribution in [0.25, 0.3) is 0 Å². The van der Waals surface area contributed by atoms with E-state index in [4.69, 9.17) is 4.74 Å². The van der Waals surface area contributed by atoms with E-state index in [-0.39, 0.29) is 13.1 Å². The summed E-state index contributed by atoms with van der Waals surface area (Å²) in [5.74, 6) is -2.63. The Balaban J connectivity index is 2.20. The van der Waals surface area contributed by atoms with E-state index in [1.54, 1.807) is 32.9 Å². The van der Waals surface area contributed by atoms with Crippen molar-refractivity contribution < 1.29 is 23.8 Å². The van der Waals surface area contributed by atoms with Gasteiger partial charge in [0.25, 0.3) is 0 Å². The number of halogens is 1. The summed E-state index contributed by atoms with van der Waals surface area (Å²) in [5, 5.41) is 9.37. The fourth-order valence-corrected chi connectivity index (χ4v) is 2.60. The number of amides is 1. The highest BCUT2D eigenvalue weighted by Crippen LogP contribution is 2.34. The first-order valence-electron chi connectivity index (χ1n) is 7.13. The second-order valence-corrected chi connectivity index (χ2v) is 6.49. The lowest BCUT2D eigenvalue weighted by molar-refractivity contribution is -0.141. The van der Waals surface area contributed by atoms with Gasteiger partial charge < -0.3 is 14.7 Å². The normalized spacial score (nSPS) is 21.7.